The first-order valence-electron chi connectivity index (χ1n) is 9.54. The van der Waals surface area contributed by atoms with E-state index in [0.29, 0.717) is 24.6 Å². The summed E-state index contributed by atoms with van der Waals surface area (Å²) in [4.78, 5) is 8.14. The van der Waals surface area contributed by atoms with E-state index in [0.717, 1.165) is 39.8 Å². The van der Waals surface area contributed by atoms with Gasteiger partial charge in [-0.05, 0) is 54.7 Å². The molecule has 0 aliphatic carbocycles. The Morgan fingerprint density at radius 1 is 0.724 bits per heavy atom. The summed E-state index contributed by atoms with van der Waals surface area (Å²) in [6.07, 6.45) is 11.4. The Hall–Kier alpha value is -3.54. The fourth-order valence-corrected chi connectivity index (χ4v) is 3.70. The van der Waals surface area contributed by atoms with Crippen molar-refractivity contribution in [2.45, 2.75) is 33.4 Å². The van der Waals surface area contributed by atoms with E-state index in [1.54, 1.807) is 25.0 Å². The second-order valence-electron chi connectivity index (χ2n) is 7.49. The van der Waals surface area contributed by atoms with Crippen LogP contribution in [0.3, 0.4) is 0 Å². The molecule has 2 N–H and O–H groups in total. The Balaban J connectivity index is 1.63. The van der Waals surface area contributed by atoms with Crippen LogP contribution in [0, 0.1) is 13.8 Å². The average Bonchev–Trinajstić information content (AvgIpc) is 3.37. The molecule has 0 unspecified atom stereocenters. The van der Waals surface area contributed by atoms with Gasteiger partial charge in [-0.25, -0.2) is 9.97 Å². The van der Waals surface area contributed by atoms with Crippen LogP contribution in [0.1, 0.15) is 33.4 Å². The summed E-state index contributed by atoms with van der Waals surface area (Å²) >= 11 is 0. The van der Waals surface area contributed by atoms with Gasteiger partial charge in [-0.15, -0.1) is 0 Å². The second-order valence-corrected chi connectivity index (χ2v) is 7.49. The maximum atomic E-state index is 10.5. The highest BCUT2D eigenvalue weighted by Gasteiger charge is 2.12. The van der Waals surface area contributed by atoms with E-state index >= 15 is 0 Å². The smallest absolute Gasteiger partial charge is 0.123 e. The Morgan fingerprint density at radius 3 is 1.55 bits per heavy atom. The first-order chi connectivity index (χ1) is 14.0. The molecule has 0 bridgehead atoms. The van der Waals surface area contributed by atoms with E-state index in [1.807, 2.05) is 59.6 Å². The lowest BCUT2D eigenvalue weighted by Crippen LogP contribution is -2.02. The van der Waals surface area contributed by atoms with Crippen molar-refractivity contribution >= 4 is 0 Å². The summed E-state index contributed by atoms with van der Waals surface area (Å²) in [7, 11) is 0. The standard InChI is InChI=1S/C23H24N4O2/c1-16-7-18(10-20(22(16)28)12-26-5-3-24-14-26)9-19-8-17(2)23(29)21(11-19)13-27-6-4-25-15-27/h3-8,10-11,14-15,28-29H,9,12-13H2,1-2H3. The minimum absolute atomic E-state index is 0.324. The summed E-state index contributed by atoms with van der Waals surface area (Å²) in [5.41, 5.74) is 5.68. The van der Waals surface area contributed by atoms with Crippen LogP contribution in [0.2, 0.25) is 0 Å². The van der Waals surface area contributed by atoms with Gasteiger partial charge in [0.25, 0.3) is 0 Å². The van der Waals surface area contributed by atoms with Crippen molar-refractivity contribution in [2.75, 3.05) is 0 Å². The van der Waals surface area contributed by atoms with Gasteiger partial charge in [0.1, 0.15) is 11.5 Å². The molecule has 0 aliphatic heterocycles. The summed E-state index contributed by atoms with van der Waals surface area (Å²) in [5.74, 6) is 0.648. The van der Waals surface area contributed by atoms with Crippen molar-refractivity contribution in [2.24, 2.45) is 0 Å². The molecule has 6 nitrogen and oxygen atoms in total. The molecule has 6 heteroatoms. The number of hydrogen-bond acceptors (Lipinski definition) is 4. The summed E-state index contributed by atoms with van der Waals surface area (Å²) < 4.78 is 3.87. The molecule has 0 radical (unpaired) electrons. The first kappa shape index (κ1) is 18.8. The number of hydrogen-bond donors (Lipinski definition) is 2. The van der Waals surface area contributed by atoms with E-state index in [4.69, 9.17) is 0 Å². The molecule has 2 aromatic carbocycles. The highest BCUT2D eigenvalue weighted by molar-refractivity contribution is 5.47. The monoisotopic (exact) mass is 388 g/mol. The fraction of sp³-hybridized carbons (Fsp3) is 0.217. The highest BCUT2D eigenvalue weighted by Crippen LogP contribution is 2.29. The van der Waals surface area contributed by atoms with E-state index in [9.17, 15) is 10.2 Å². The molecule has 29 heavy (non-hydrogen) atoms. The van der Waals surface area contributed by atoms with Gasteiger partial charge < -0.3 is 19.3 Å². The van der Waals surface area contributed by atoms with Crippen LogP contribution >= 0.6 is 0 Å². The van der Waals surface area contributed by atoms with Crippen LogP contribution in [0.15, 0.2) is 61.7 Å². The third kappa shape index (κ3) is 4.16. The van der Waals surface area contributed by atoms with Crippen LogP contribution in [0.5, 0.6) is 11.5 Å². The number of phenolic OH excluding ortho intramolecular Hbond substituents is 2. The largest absolute Gasteiger partial charge is 0.507 e. The summed E-state index contributed by atoms with van der Waals surface area (Å²) in [5, 5.41) is 21.0. The van der Waals surface area contributed by atoms with Crippen molar-refractivity contribution in [1.29, 1.82) is 0 Å². The van der Waals surface area contributed by atoms with Crippen molar-refractivity contribution in [1.82, 2.24) is 19.1 Å². The van der Waals surface area contributed by atoms with Crippen molar-refractivity contribution in [3.63, 3.8) is 0 Å². The number of benzene rings is 2. The zero-order valence-electron chi connectivity index (χ0n) is 16.6. The molecule has 0 atom stereocenters. The maximum Gasteiger partial charge on any atom is 0.123 e. The van der Waals surface area contributed by atoms with Crippen LogP contribution in [-0.4, -0.2) is 29.3 Å². The molecular weight excluding hydrogens is 364 g/mol. The second kappa shape index (κ2) is 7.83. The summed E-state index contributed by atoms with van der Waals surface area (Å²) in [6, 6.07) is 8.12. The predicted octanol–water partition coefficient (Wildman–Crippen LogP) is 3.80. The van der Waals surface area contributed by atoms with E-state index < -0.39 is 0 Å². The number of phenols is 2. The Kier molecular flexibility index (Phi) is 5.08. The maximum absolute atomic E-state index is 10.5. The van der Waals surface area contributed by atoms with E-state index in [-0.39, 0.29) is 0 Å². The molecule has 2 heterocycles. The lowest BCUT2D eigenvalue weighted by atomic mass is 9.96. The Labute approximate surface area is 169 Å². The molecule has 0 spiro atoms. The number of aromatic nitrogens is 4. The lowest BCUT2D eigenvalue weighted by molar-refractivity contribution is 0.461. The Morgan fingerprint density at radius 2 is 1.17 bits per heavy atom. The topological polar surface area (TPSA) is 76.1 Å². The molecule has 2 aromatic heterocycles. The predicted molar refractivity (Wildman–Crippen MR) is 111 cm³/mol. The molecule has 0 fully saturated rings. The third-order valence-corrected chi connectivity index (χ3v) is 5.11. The van der Waals surface area contributed by atoms with Crippen molar-refractivity contribution < 1.29 is 10.2 Å². The number of nitrogens with zero attached hydrogens (tertiary/aromatic N) is 4. The number of aryl methyl sites for hydroxylation is 2. The number of imidazole rings is 2. The van der Waals surface area contributed by atoms with Crippen LogP contribution in [-0.2, 0) is 19.5 Å². The number of rotatable bonds is 6. The van der Waals surface area contributed by atoms with Gasteiger partial charge in [-0.1, -0.05) is 12.1 Å². The third-order valence-electron chi connectivity index (χ3n) is 5.11. The normalized spacial score (nSPS) is 11.1. The highest BCUT2D eigenvalue weighted by atomic mass is 16.3. The molecule has 0 amide bonds. The van der Waals surface area contributed by atoms with E-state index in [2.05, 4.69) is 9.97 Å². The SMILES string of the molecule is Cc1cc(Cc2cc(C)c(O)c(Cn3ccnc3)c2)cc(Cn2ccnc2)c1O. The van der Waals surface area contributed by atoms with Crippen molar-refractivity contribution in [3.8, 4) is 11.5 Å². The minimum Gasteiger partial charge on any atom is -0.507 e. The van der Waals surface area contributed by atoms with Gasteiger partial charge in [0.15, 0.2) is 0 Å². The zero-order chi connectivity index (χ0) is 20.4. The van der Waals surface area contributed by atoms with Crippen LogP contribution in [0.4, 0.5) is 0 Å². The van der Waals surface area contributed by atoms with Gasteiger partial charge in [-0.3, -0.25) is 0 Å². The lowest BCUT2D eigenvalue weighted by Gasteiger charge is -2.14. The van der Waals surface area contributed by atoms with Gasteiger partial charge in [0, 0.05) is 35.9 Å². The zero-order valence-corrected chi connectivity index (χ0v) is 16.6. The van der Waals surface area contributed by atoms with Gasteiger partial charge in [0.2, 0.25) is 0 Å². The molecule has 0 aliphatic rings. The van der Waals surface area contributed by atoms with E-state index in [1.165, 1.54) is 0 Å². The quantitative estimate of drug-likeness (QED) is 0.527. The minimum atomic E-state index is 0.324. The molecule has 0 saturated carbocycles. The van der Waals surface area contributed by atoms with Gasteiger partial charge in [0.05, 0.1) is 25.7 Å². The van der Waals surface area contributed by atoms with Gasteiger partial charge in [-0.2, -0.15) is 0 Å². The van der Waals surface area contributed by atoms with Gasteiger partial charge >= 0.3 is 0 Å². The average molecular weight is 388 g/mol. The molecule has 4 aromatic rings. The fourth-order valence-electron chi connectivity index (χ4n) is 3.70. The molecule has 4 rings (SSSR count). The number of aromatic hydroxyl groups is 2. The van der Waals surface area contributed by atoms with Crippen LogP contribution < -0.4 is 0 Å². The van der Waals surface area contributed by atoms with Crippen LogP contribution in [0.25, 0.3) is 0 Å². The summed E-state index contributed by atoms with van der Waals surface area (Å²) in [6.45, 7) is 4.98. The van der Waals surface area contributed by atoms with Crippen molar-refractivity contribution in [3.05, 3.63) is 95.1 Å². The molecule has 148 valence electrons. The molecular formula is C23H24N4O2. The molecule has 0 saturated heterocycles. The first-order valence-corrected chi connectivity index (χ1v) is 9.54. The Bertz CT molecular complexity index is 1030.